The molecule has 1 aromatic heterocycles. The van der Waals surface area contributed by atoms with Gasteiger partial charge in [0, 0.05) is 36.8 Å². The maximum atomic E-state index is 13.0. The van der Waals surface area contributed by atoms with E-state index in [0.29, 0.717) is 31.2 Å². The van der Waals surface area contributed by atoms with Crippen LogP contribution in [-0.4, -0.2) is 56.7 Å². The number of ether oxygens (including phenoxy) is 1. The third kappa shape index (κ3) is 3.96. The molecule has 0 aromatic carbocycles. The first-order chi connectivity index (χ1) is 11.8. The molecule has 1 fully saturated rings. The molecule has 7 nitrogen and oxygen atoms in total. The van der Waals surface area contributed by atoms with Crippen LogP contribution < -0.4 is 0 Å². The minimum Gasteiger partial charge on any atom is -0.444 e. The van der Waals surface area contributed by atoms with Crippen LogP contribution in [-0.2, 0) is 17.7 Å². The first-order valence-electron chi connectivity index (χ1n) is 9.15. The summed E-state index contributed by atoms with van der Waals surface area (Å²) in [5.74, 6) is -0.0205. The van der Waals surface area contributed by atoms with Gasteiger partial charge in [0.05, 0.1) is 6.54 Å². The highest BCUT2D eigenvalue weighted by atomic mass is 16.6. The van der Waals surface area contributed by atoms with Gasteiger partial charge in [0.1, 0.15) is 5.60 Å². The first kappa shape index (κ1) is 17.8. The fraction of sp³-hybridized carbons (Fsp3) is 0.722. The maximum Gasteiger partial charge on any atom is 0.410 e. The van der Waals surface area contributed by atoms with Gasteiger partial charge in [-0.25, -0.2) is 4.79 Å². The third-order valence-electron chi connectivity index (χ3n) is 4.50. The van der Waals surface area contributed by atoms with E-state index in [0.717, 1.165) is 37.1 Å². The monoisotopic (exact) mass is 348 g/mol. The van der Waals surface area contributed by atoms with Gasteiger partial charge < -0.3 is 14.5 Å². The smallest absolute Gasteiger partial charge is 0.410 e. The Morgan fingerprint density at radius 2 is 2.08 bits per heavy atom. The van der Waals surface area contributed by atoms with E-state index in [2.05, 4.69) is 17.1 Å². The zero-order valence-corrected chi connectivity index (χ0v) is 15.6. The molecule has 1 N–H and O–H groups in total. The number of nitrogens with zero attached hydrogens (tertiary/aromatic N) is 3. The van der Waals surface area contributed by atoms with Gasteiger partial charge in [0.25, 0.3) is 5.91 Å². The Bertz CT molecular complexity index is 658. The average molecular weight is 348 g/mol. The van der Waals surface area contributed by atoms with Crippen molar-refractivity contribution in [2.45, 2.75) is 71.6 Å². The summed E-state index contributed by atoms with van der Waals surface area (Å²) in [6.07, 6.45) is 3.39. The van der Waals surface area contributed by atoms with Crippen LogP contribution in [0.25, 0.3) is 0 Å². The molecule has 0 atom stereocenters. The predicted molar refractivity (Wildman–Crippen MR) is 93.3 cm³/mol. The van der Waals surface area contributed by atoms with Crippen molar-refractivity contribution in [3.8, 4) is 0 Å². The summed E-state index contributed by atoms with van der Waals surface area (Å²) in [6.45, 7) is 9.32. The van der Waals surface area contributed by atoms with Crippen molar-refractivity contribution in [3.05, 3.63) is 17.0 Å². The van der Waals surface area contributed by atoms with Crippen LogP contribution in [0.4, 0.5) is 4.79 Å². The minimum absolute atomic E-state index is 0.0205. The van der Waals surface area contributed by atoms with E-state index in [4.69, 9.17) is 4.74 Å². The second-order valence-electron chi connectivity index (χ2n) is 7.91. The summed E-state index contributed by atoms with van der Waals surface area (Å²) in [5.41, 5.74) is 1.72. The number of fused-ring (bicyclic) bond motifs is 1. The van der Waals surface area contributed by atoms with E-state index in [1.165, 1.54) is 0 Å². The fourth-order valence-electron chi connectivity index (χ4n) is 3.17. The van der Waals surface area contributed by atoms with E-state index < -0.39 is 5.60 Å². The second kappa shape index (κ2) is 6.69. The highest BCUT2D eigenvalue weighted by Crippen LogP contribution is 2.30. The van der Waals surface area contributed by atoms with Crippen molar-refractivity contribution in [3.63, 3.8) is 0 Å². The van der Waals surface area contributed by atoms with Gasteiger partial charge in [-0.15, -0.1) is 0 Å². The lowest BCUT2D eigenvalue weighted by Gasteiger charge is -2.30. The molecule has 0 unspecified atom stereocenters. The molecule has 0 bridgehead atoms. The van der Waals surface area contributed by atoms with Gasteiger partial charge in [0.15, 0.2) is 5.69 Å². The lowest BCUT2D eigenvalue weighted by Crippen LogP contribution is -2.41. The Morgan fingerprint density at radius 3 is 2.68 bits per heavy atom. The summed E-state index contributed by atoms with van der Waals surface area (Å²) < 4.78 is 5.46. The van der Waals surface area contributed by atoms with Crippen LogP contribution in [0.3, 0.4) is 0 Å². The molecular formula is C18H28N4O3. The molecule has 2 aliphatic rings. The Balaban J connectivity index is 1.77. The molecule has 1 saturated carbocycles. The maximum absolute atomic E-state index is 13.0. The highest BCUT2D eigenvalue weighted by Gasteiger charge is 2.36. The normalized spacial score (nSPS) is 17.2. The SMILES string of the molecule is CCCN(C(=O)c1n[nH]c2c1CN(C(=O)OC(C)(C)C)CC2)C1CC1. The number of nitrogens with one attached hydrogen (secondary N) is 1. The van der Waals surface area contributed by atoms with E-state index in [9.17, 15) is 9.59 Å². The molecule has 3 rings (SSSR count). The minimum atomic E-state index is -0.531. The summed E-state index contributed by atoms with van der Waals surface area (Å²) in [6, 6.07) is 0.352. The molecular weight excluding hydrogens is 320 g/mol. The van der Waals surface area contributed by atoms with E-state index in [1.807, 2.05) is 25.7 Å². The molecule has 1 aliphatic carbocycles. The Kier molecular flexibility index (Phi) is 4.75. The predicted octanol–water partition coefficient (Wildman–Crippen LogP) is 2.72. The number of amides is 2. The van der Waals surface area contributed by atoms with E-state index in [1.54, 1.807) is 4.90 Å². The van der Waals surface area contributed by atoms with Gasteiger partial charge >= 0.3 is 6.09 Å². The molecule has 0 radical (unpaired) electrons. The number of H-pyrrole nitrogens is 1. The van der Waals surface area contributed by atoms with Crippen LogP contribution in [0, 0.1) is 0 Å². The molecule has 0 spiro atoms. The van der Waals surface area contributed by atoms with E-state index >= 15 is 0 Å². The Hall–Kier alpha value is -2.05. The number of aromatic nitrogens is 2. The lowest BCUT2D eigenvalue weighted by atomic mass is 10.0. The summed E-state index contributed by atoms with van der Waals surface area (Å²) in [5, 5.41) is 7.28. The molecule has 138 valence electrons. The van der Waals surface area contributed by atoms with Crippen molar-refractivity contribution in [1.82, 2.24) is 20.0 Å². The van der Waals surface area contributed by atoms with Crippen LogP contribution in [0.15, 0.2) is 0 Å². The van der Waals surface area contributed by atoms with Gasteiger partial charge in [-0.05, 0) is 40.0 Å². The van der Waals surface area contributed by atoms with Gasteiger partial charge in [-0.2, -0.15) is 5.10 Å². The van der Waals surface area contributed by atoms with Crippen molar-refractivity contribution < 1.29 is 14.3 Å². The zero-order valence-electron chi connectivity index (χ0n) is 15.6. The molecule has 0 saturated heterocycles. The Morgan fingerprint density at radius 1 is 1.36 bits per heavy atom. The van der Waals surface area contributed by atoms with Gasteiger partial charge in [-0.3, -0.25) is 9.89 Å². The number of carbonyl (C=O) groups is 2. The van der Waals surface area contributed by atoms with Crippen molar-refractivity contribution in [2.75, 3.05) is 13.1 Å². The summed E-state index contributed by atoms with van der Waals surface area (Å²) in [4.78, 5) is 28.9. The molecule has 1 aromatic rings. The van der Waals surface area contributed by atoms with Crippen LogP contribution >= 0.6 is 0 Å². The number of hydrogen-bond donors (Lipinski definition) is 1. The average Bonchev–Trinajstić information content (AvgIpc) is 3.28. The standard InChI is InChI=1S/C18H28N4O3/c1-5-9-22(12-6-7-12)16(23)15-13-11-21(10-8-14(13)19-20-15)17(24)25-18(2,3)4/h12H,5-11H2,1-4H3,(H,19,20). The lowest BCUT2D eigenvalue weighted by molar-refractivity contribution is 0.0222. The number of carbonyl (C=O) groups excluding carboxylic acids is 2. The quantitative estimate of drug-likeness (QED) is 0.907. The van der Waals surface area contributed by atoms with Crippen LogP contribution in [0.2, 0.25) is 0 Å². The molecule has 2 heterocycles. The zero-order chi connectivity index (χ0) is 18.2. The fourth-order valence-corrected chi connectivity index (χ4v) is 3.17. The first-order valence-corrected chi connectivity index (χ1v) is 9.15. The van der Waals surface area contributed by atoms with Crippen molar-refractivity contribution in [1.29, 1.82) is 0 Å². The highest BCUT2D eigenvalue weighted by molar-refractivity contribution is 5.94. The molecule has 1 aliphatic heterocycles. The van der Waals surface area contributed by atoms with Crippen molar-refractivity contribution in [2.24, 2.45) is 0 Å². The summed E-state index contributed by atoms with van der Waals surface area (Å²) >= 11 is 0. The van der Waals surface area contributed by atoms with Crippen molar-refractivity contribution >= 4 is 12.0 Å². The Labute approximate surface area is 148 Å². The number of rotatable bonds is 4. The summed E-state index contributed by atoms with van der Waals surface area (Å²) in [7, 11) is 0. The number of aromatic amines is 1. The van der Waals surface area contributed by atoms with Gasteiger partial charge in [-0.1, -0.05) is 6.92 Å². The number of hydrogen-bond acceptors (Lipinski definition) is 4. The molecule has 7 heteroatoms. The van der Waals surface area contributed by atoms with Gasteiger partial charge in [0.2, 0.25) is 0 Å². The third-order valence-corrected chi connectivity index (χ3v) is 4.50. The van der Waals surface area contributed by atoms with Crippen LogP contribution in [0.1, 0.15) is 68.7 Å². The largest absolute Gasteiger partial charge is 0.444 e. The van der Waals surface area contributed by atoms with E-state index in [-0.39, 0.29) is 12.0 Å². The topological polar surface area (TPSA) is 78.5 Å². The molecule has 2 amide bonds. The second-order valence-corrected chi connectivity index (χ2v) is 7.91. The van der Waals surface area contributed by atoms with Crippen LogP contribution in [0.5, 0.6) is 0 Å². The molecule has 25 heavy (non-hydrogen) atoms.